The second kappa shape index (κ2) is 9.44. The SMILES string of the molecule is c1ccc(-c2ccc3c(ccc4c3oc3cccc(-c5c6ccccc6c(-c6ccccc6)c6ccccc56)c34)c2)cc1. The zero-order valence-corrected chi connectivity index (χ0v) is 23.4. The van der Waals surface area contributed by atoms with Crippen LogP contribution in [0.2, 0.25) is 0 Å². The van der Waals surface area contributed by atoms with E-state index in [-0.39, 0.29) is 0 Å². The van der Waals surface area contributed by atoms with Crippen LogP contribution in [-0.4, -0.2) is 0 Å². The molecule has 1 heterocycles. The molecule has 0 spiro atoms. The van der Waals surface area contributed by atoms with Gasteiger partial charge in [-0.05, 0) is 84.6 Å². The molecule has 0 aliphatic heterocycles. The maximum Gasteiger partial charge on any atom is 0.143 e. The van der Waals surface area contributed by atoms with E-state index < -0.39 is 0 Å². The van der Waals surface area contributed by atoms with E-state index in [0.717, 1.165) is 27.3 Å². The normalized spacial score (nSPS) is 11.7. The molecule has 0 amide bonds. The molecule has 0 N–H and O–H groups in total. The maximum atomic E-state index is 6.69. The Bertz CT molecular complexity index is 2430. The summed E-state index contributed by atoms with van der Waals surface area (Å²) in [6.07, 6.45) is 0. The number of hydrogen-bond donors (Lipinski definition) is 0. The van der Waals surface area contributed by atoms with Crippen LogP contribution in [-0.2, 0) is 0 Å². The van der Waals surface area contributed by atoms with Gasteiger partial charge in [-0.2, -0.15) is 0 Å². The van der Waals surface area contributed by atoms with E-state index in [1.807, 2.05) is 0 Å². The lowest BCUT2D eigenvalue weighted by Crippen LogP contribution is -1.91. The minimum absolute atomic E-state index is 0.910. The van der Waals surface area contributed by atoms with Crippen LogP contribution >= 0.6 is 0 Å². The van der Waals surface area contributed by atoms with Gasteiger partial charge in [0.15, 0.2) is 0 Å². The third kappa shape index (κ3) is 3.65. The third-order valence-electron chi connectivity index (χ3n) is 8.85. The summed E-state index contributed by atoms with van der Waals surface area (Å²) in [5.41, 5.74) is 9.23. The summed E-state index contributed by atoms with van der Waals surface area (Å²) in [4.78, 5) is 0. The van der Waals surface area contributed by atoms with Gasteiger partial charge in [0, 0.05) is 16.2 Å². The van der Waals surface area contributed by atoms with Crippen LogP contribution in [0.1, 0.15) is 0 Å². The Hall–Kier alpha value is -5.66. The summed E-state index contributed by atoms with van der Waals surface area (Å²) in [5, 5.41) is 9.62. The van der Waals surface area contributed by atoms with Crippen molar-refractivity contribution < 1.29 is 4.42 Å². The average molecular weight is 547 g/mol. The van der Waals surface area contributed by atoms with E-state index in [1.54, 1.807) is 0 Å². The topological polar surface area (TPSA) is 13.1 Å². The monoisotopic (exact) mass is 546 g/mol. The van der Waals surface area contributed by atoms with Crippen LogP contribution in [0.5, 0.6) is 0 Å². The fourth-order valence-corrected chi connectivity index (χ4v) is 6.96. The number of rotatable bonds is 3. The highest BCUT2D eigenvalue weighted by atomic mass is 16.3. The Labute approximate surface area is 249 Å². The molecule has 9 aromatic rings. The molecule has 0 aliphatic carbocycles. The van der Waals surface area contributed by atoms with Gasteiger partial charge in [-0.3, -0.25) is 0 Å². The average Bonchev–Trinajstić information content (AvgIpc) is 3.47. The first kappa shape index (κ1) is 24.0. The van der Waals surface area contributed by atoms with E-state index >= 15 is 0 Å². The zero-order valence-electron chi connectivity index (χ0n) is 23.4. The minimum atomic E-state index is 0.910. The molecular formula is C42H26O. The summed E-state index contributed by atoms with van der Waals surface area (Å²) >= 11 is 0. The van der Waals surface area contributed by atoms with Crippen molar-refractivity contribution in [2.75, 3.05) is 0 Å². The van der Waals surface area contributed by atoms with Gasteiger partial charge < -0.3 is 4.42 Å². The number of fused-ring (bicyclic) bond motifs is 7. The fourth-order valence-electron chi connectivity index (χ4n) is 6.96. The van der Waals surface area contributed by atoms with Crippen molar-refractivity contribution in [1.82, 2.24) is 0 Å². The lowest BCUT2D eigenvalue weighted by Gasteiger charge is -2.18. The smallest absolute Gasteiger partial charge is 0.143 e. The highest BCUT2D eigenvalue weighted by Gasteiger charge is 2.20. The second-order valence-corrected chi connectivity index (χ2v) is 11.2. The molecule has 43 heavy (non-hydrogen) atoms. The molecule has 0 unspecified atom stereocenters. The Morgan fingerprint density at radius 3 is 1.60 bits per heavy atom. The van der Waals surface area contributed by atoms with Gasteiger partial charge in [0.25, 0.3) is 0 Å². The van der Waals surface area contributed by atoms with Gasteiger partial charge in [-0.1, -0.05) is 133 Å². The molecule has 200 valence electrons. The van der Waals surface area contributed by atoms with E-state index in [0.29, 0.717) is 0 Å². The fraction of sp³-hybridized carbons (Fsp3) is 0. The van der Waals surface area contributed by atoms with Crippen LogP contribution in [0.25, 0.3) is 87.6 Å². The Morgan fingerprint density at radius 1 is 0.349 bits per heavy atom. The largest absolute Gasteiger partial charge is 0.455 e. The summed E-state index contributed by atoms with van der Waals surface area (Å²) < 4.78 is 6.69. The van der Waals surface area contributed by atoms with Crippen molar-refractivity contribution in [3.63, 3.8) is 0 Å². The second-order valence-electron chi connectivity index (χ2n) is 11.2. The van der Waals surface area contributed by atoms with Crippen molar-refractivity contribution in [2.24, 2.45) is 0 Å². The van der Waals surface area contributed by atoms with Gasteiger partial charge in [0.05, 0.1) is 0 Å². The van der Waals surface area contributed by atoms with Gasteiger partial charge in [0.2, 0.25) is 0 Å². The molecule has 1 aromatic heterocycles. The van der Waals surface area contributed by atoms with Crippen molar-refractivity contribution >= 4 is 54.3 Å². The van der Waals surface area contributed by atoms with Crippen LogP contribution < -0.4 is 0 Å². The number of hydrogen-bond acceptors (Lipinski definition) is 1. The molecule has 9 rings (SSSR count). The highest BCUT2D eigenvalue weighted by Crippen LogP contribution is 2.47. The molecular weight excluding hydrogens is 520 g/mol. The van der Waals surface area contributed by atoms with Gasteiger partial charge >= 0.3 is 0 Å². The maximum absolute atomic E-state index is 6.69. The molecule has 1 nitrogen and oxygen atoms in total. The van der Waals surface area contributed by atoms with Crippen molar-refractivity contribution in [1.29, 1.82) is 0 Å². The van der Waals surface area contributed by atoms with Crippen LogP contribution in [0.15, 0.2) is 162 Å². The molecule has 0 saturated heterocycles. The highest BCUT2D eigenvalue weighted by molar-refractivity contribution is 6.27. The lowest BCUT2D eigenvalue weighted by molar-refractivity contribution is 0.673. The van der Waals surface area contributed by atoms with Crippen LogP contribution in [0.3, 0.4) is 0 Å². The molecule has 0 bridgehead atoms. The summed E-state index contributed by atoms with van der Waals surface area (Å²) in [7, 11) is 0. The number of benzene rings is 8. The van der Waals surface area contributed by atoms with Gasteiger partial charge in [-0.25, -0.2) is 0 Å². The lowest BCUT2D eigenvalue weighted by atomic mass is 9.85. The first-order valence-electron chi connectivity index (χ1n) is 14.8. The van der Waals surface area contributed by atoms with E-state index in [2.05, 4.69) is 158 Å². The first-order valence-corrected chi connectivity index (χ1v) is 14.8. The van der Waals surface area contributed by atoms with Gasteiger partial charge in [0.1, 0.15) is 11.2 Å². The summed E-state index contributed by atoms with van der Waals surface area (Å²) in [6.45, 7) is 0. The first-order chi connectivity index (χ1) is 21.3. The van der Waals surface area contributed by atoms with Gasteiger partial charge in [-0.15, -0.1) is 0 Å². The predicted molar refractivity (Wildman–Crippen MR) is 183 cm³/mol. The molecule has 8 aromatic carbocycles. The van der Waals surface area contributed by atoms with Crippen molar-refractivity contribution in [3.8, 4) is 33.4 Å². The molecule has 0 radical (unpaired) electrons. The predicted octanol–water partition coefficient (Wildman–Crippen LogP) is 12.0. The van der Waals surface area contributed by atoms with Crippen LogP contribution in [0.4, 0.5) is 0 Å². The van der Waals surface area contributed by atoms with Crippen LogP contribution in [0, 0.1) is 0 Å². The minimum Gasteiger partial charge on any atom is -0.455 e. The molecule has 0 saturated carbocycles. The quantitative estimate of drug-likeness (QED) is 0.201. The van der Waals surface area contributed by atoms with E-state index in [4.69, 9.17) is 4.42 Å². The molecule has 0 atom stereocenters. The van der Waals surface area contributed by atoms with Crippen molar-refractivity contribution in [3.05, 3.63) is 158 Å². The molecule has 1 heteroatoms. The molecule has 0 aliphatic rings. The zero-order chi connectivity index (χ0) is 28.3. The summed E-state index contributed by atoms with van der Waals surface area (Å²) in [6, 6.07) is 56.6. The third-order valence-corrected chi connectivity index (χ3v) is 8.85. The summed E-state index contributed by atoms with van der Waals surface area (Å²) in [5.74, 6) is 0. The Morgan fingerprint density at radius 2 is 0.930 bits per heavy atom. The molecule has 0 fully saturated rings. The van der Waals surface area contributed by atoms with Crippen molar-refractivity contribution in [2.45, 2.75) is 0 Å². The number of furan rings is 1. The standard InChI is InChI=1S/C42H26O/c1-3-12-27(13-4-1)29-22-24-31-30(26-29)23-25-37-41-36(20-11-21-38(41)43-42(31)37)40-34-18-9-7-16-32(34)39(28-14-5-2-6-15-28)33-17-8-10-19-35(33)40/h1-26H. The van der Waals surface area contributed by atoms with E-state index in [1.165, 1.54) is 60.3 Å². The van der Waals surface area contributed by atoms with E-state index in [9.17, 15) is 0 Å². The Balaban J connectivity index is 1.36. The Kier molecular flexibility index (Phi) is 5.27.